The molecule has 0 fully saturated rings. The van der Waals surface area contributed by atoms with Crippen LogP contribution in [0, 0.1) is 0 Å². The summed E-state index contributed by atoms with van der Waals surface area (Å²) in [6, 6.07) is -1.15. The van der Waals surface area contributed by atoms with Crippen molar-refractivity contribution >= 4 is 41.5 Å². The maximum atomic E-state index is 11.0. The summed E-state index contributed by atoms with van der Waals surface area (Å²) in [5.41, 5.74) is 0.326. The van der Waals surface area contributed by atoms with Crippen molar-refractivity contribution in [1.29, 1.82) is 0 Å². The molecule has 0 heterocycles. The summed E-state index contributed by atoms with van der Waals surface area (Å²) in [6.07, 6.45) is 0.0741. The molecular formula is C10H18NNaO5. The summed E-state index contributed by atoms with van der Waals surface area (Å²) in [5.74, 6) is -1.74. The van der Waals surface area contributed by atoms with Gasteiger partial charge in [0.1, 0.15) is 0 Å². The number of esters is 1. The molecule has 6 nitrogen and oxygen atoms in total. The molecule has 0 aromatic carbocycles. The molecule has 94 valence electrons. The van der Waals surface area contributed by atoms with E-state index in [1.165, 1.54) is 13.8 Å². The summed E-state index contributed by atoms with van der Waals surface area (Å²) < 4.78 is 4.65. The number of hydrogen-bond donors (Lipinski definition) is 3. The average Bonchev–Trinajstić information content (AvgIpc) is 2.13. The Kier molecular flexibility index (Phi) is 10.5. The van der Waals surface area contributed by atoms with Crippen molar-refractivity contribution in [1.82, 2.24) is 5.32 Å². The van der Waals surface area contributed by atoms with Gasteiger partial charge in [-0.15, -0.1) is 0 Å². The number of nitrogens with one attached hydrogen (secondary N) is 1. The molecule has 0 aliphatic carbocycles. The number of aliphatic carboxylic acids is 1. The number of aliphatic hydroxyl groups is 1. The van der Waals surface area contributed by atoms with E-state index in [9.17, 15) is 14.7 Å². The van der Waals surface area contributed by atoms with Crippen molar-refractivity contribution in [3.05, 3.63) is 11.8 Å². The van der Waals surface area contributed by atoms with Crippen LogP contribution in [-0.2, 0) is 14.3 Å². The maximum absolute atomic E-state index is 11.0. The summed E-state index contributed by atoms with van der Waals surface area (Å²) in [6.45, 7) is 4.80. The van der Waals surface area contributed by atoms with Crippen molar-refractivity contribution in [3.8, 4) is 0 Å². The van der Waals surface area contributed by atoms with Gasteiger partial charge in [0.25, 0.3) is 0 Å². The van der Waals surface area contributed by atoms with Crippen LogP contribution in [0.5, 0.6) is 0 Å². The SMILES string of the molecule is CCOC(=O)C=C(C)N[C@H](C(=O)O)[C@@H](C)O.[NaH]. The number of carbonyl (C=O) groups is 2. The third kappa shape index (κ3) is 8.20. The Morgan fingerprint density at radius 1 is 1.47 bits per heavy atom. The first kappa shape index (κ1) is 18.8. The number of ether oxygens (including phenoxy) is 1. The summed E-state index contributed by atoms with van der Waals surface area (Å²) in [4.78, 5) is 21.7. The number of hydrogen-bond acceptors (Lipinski definition) is 5. The molecule has 0 aromatic rings. The van der Waals surface area contributed by atoms with Gasteiger partial charge >= 0.3 is 41.5 Å². The van der Waals surface area contributed by atoms with Gasteiger partial charge in [-0.05, 0) is 20.8 Å². The number of rotatable bonds is 6. The second-order valence-electron chi connectivity index (χ2n) is 3.28. The van der Waals surface area contributed by atoms with Crippen molar-refractivity contribution in [2.24, 2.45) is 0 Å². The van der Waals surface area contributed by atoms with Crippen LogP contribution < -0.4 is 5.32 Å². The van der Waals surface area contributed by atoms with Gasteiger partial charge in [-0.1, -0.05) is 0 Å². The Bertz CT molecular complexity index is 290. The average molecular weight is 255 g/mol. The Hall–Kier alpha value is -0.560. The molecule has 0 amide bonds. The fraction of sp³-hybridized carbons (Fsp3) is 0.600. The van der Waals surface area contributed by atoms with E-state index >= 15 is 0 Å². The van der Waals surface area contributed by atoms with E-state index in [0.717, 1.165) is 6.08 Å². The summed E-state index contributed by atoms with van der Waals surface area (Å²) in [5, 5.41) is 20.5. The number of carboxylic acids is 1. The van der Waals surface area contributed by atoms with Gasteiger partial charge in [-0.3, -0.25) is 0 Å². The van der Waals surface area contributed by atoms with E-state index in [4.69, 9.17) is 5.11 Å². The van der Waals surface area contributed by atoms with Gasteiger partial charge < -0.3 is 20.3 Å². The molecule has 3 N–H and O–H groups in total. The Morgan fingerprint density at radius 2 is 2.00 bits per heavy atom. The molecule has 0 unspecified atom stereocenters. The van der Waals surface area contributed by atoms with Crippen molar-refractivity contribution < 1.29 is 24.5 Å². The first-order valence-corrected chi connectivity index (χ1v) is 4.91. The van der Waals surface area contributed by atoms with Crippen LogP contribution in [-0.4, -0.2) is 70.5 Å². The number of carbonyl (C=O) groups excluding carboxylic acids is 1. The predicted octanol–water partition coefficient (Wildman–Crippen LogP) is -0.772. The number of carboxylic acid groups (broad SMARTS) is 1. The topological polar surface area (TPSA) is 95.9 Å². The Morgan fingerprint density at radius 3 is 2.35 bits per heavy atom. The van der Waals surface area contributed by atoms with Crippen LogP contribution in [0.2, 0.25) is 0 Å². The molecule has 0 aliphatic heterocycles. The molecule has 0 rings (SSSR count). The minimum atomic E-state index is -1.19. The van der Waals surface area contributed by atoms with Gasteiger partial charge in [0.2, 0.25) is 0 Å². The quantitative estimate of drug-likeness (QED) is 0.327. The predicted molar refractivity (Wildman–Crippen MR) is 63.8 cm³/mol. The number of allylic oxidation sites excluding steroid dienone is 1. The second-order valence-corrected chi connectivity index (χ2v) is 3.28. The third-order valence-electron chi connectivity index (χ3n) is 1.75. The van der Waals surface area contributed by atoms with Gasteiger partial charge in [-0.25, -0.2) is 9.59 Å². The van der Waals surface area contributed by atoms with Crippen molar-refractivity contribution in [2.75, 3.05) is 6.61 Å². The molecule has 0 saturated heterocycles. The van der Waals surface area contributed by atoms with Crippen molar-refractivity contribution in [2.45, 2.75) is 32.9 Å². The summed E-state index contributed by atoms with van der Waals surface area (Å²) in [7, 11) is 0. The van der Waals surface area contributed by atoms with E-state index in [0.29, 0.717) is 5.70 Å². The van der Waals surface area contributed by atoms with Gasteiger partial charge in [0, 0.05) is 11.8 Å². The zero-order chi connectivity index (χ0) is 12.7. The van der Waals surface area contributed by atoms with Gasteiger partial charge in [-0.2, -0.15) is 0 Å². The van der Waals surface area contributed by atoms with Crippen LogP contribution in [0.25, 0.3) is 0 Å². The van der Waals surface area contributed by atoms with Gasteiger partial charge in [0.15, 0.2) is 6.04 Å². The molecule has 0 radical (unpaired) electrons. The molecule has 0 saturated carbocycles. The van der Waals surface area contributed by atoms with Crippen LogP contribution in [0.4, 0.5) is 0 Å². The zero-order valence-electron chi connectivity index (χ0n) is 9.56. The fourth-order valence-electron chi connectivity index (χ4n) is 1.04. The van der Waals surface area contributed by atoms with Crippen LogP contribution in [0.1, 0.15) is 20.8 Å². The van der Waals surface area contributed by atoms with Crippen molar-refractivity contribution in [3.63, 3.8) is 0 Å². The molecule has 0 bridgehead atoms. The van der Waals surface area contributed by atoms with E-state index in [2.05, 4.69) is 10.1 Å². The zero-order valence-corrected chi connectivity index (χ0v) is 9.56. The molecule has 0 aromatic heterocycles. The van der Waals surface area contributed by atoms with Crippen LogP contribution in [0.15, 0.2) is 11.8 Å². The fourth-order valence-corrected chi connectivity index (χ4v) is 1.04. The molecule has 2 atom stereocenters. The van der Waals surface area contributed by atoms with E-state index in [-0.39, 0.29) is 36.2 Å². The first-order chi connectivity index (χ1) is 7.38. The van der Waals surface area contributed by atoms with Gasteiger partial charge in [0.05, 0.1) is 12.7 Å². The molecular weight excluding hydrogens is 237 g/mol. The Labute approximate surface area is 122 Å². The standard InChI is InChI=1S/C10H17NO5.Na.H/c1-4-16-8(13)5-6(2)11-9(7(3)12)10(14)15;;/h5,7,9,11-12H,4H2,1-3H3,(H,14,15);;/t7-,9+;;/m1../s1. The monoisotopic (exact) mass is 255 g/mol. The van der Waals surface area contributed by atoms with Crippen LogP contribution >= 0.6 is 0 Å². The van der Waals surface area contributed by atoms with E-state index in [1.807, 2.05) is 0 Å². The molecule has 7 heteroatoms. The molecule has 0 spiro atoms. The van der Waals surface area contributed by atoms with E-state index < -0.39 is 24.1 Å². The van der Waals surface area contributed by atoms with E-state index in [1.54, 1.807) is 6.92 Å². The summed E-state index contributed by atoms with van der Waals surface area (Å²) >= 11 is 0. The molecule has 17 heavy (non-hydrogen) atoms. The normalized spacial score (nSPS) is 14.2. The first-order valence-electron chi connectivity index (χ1n) is 4.91. The second kappa shape index (κ2) is 9.47. The third-order valence-corrected chi connectivity index (χ3v) is 1.75. The Balaban J connectivity index is 0. The minimum absolute atomic E-state index is 0. The van der Waals surface area contributed by atoms with Crippen LogP contribution in [0.3, 0.4) is 0 Å². The molecule has 0 aliphatic rings. The number of aliphatic hydroxyl groups excluding tert-OH is 1.